The van der Waals surface area contributed by atoms with E-state index in [2.05, 4.69) is 4.98 Å². The van der Waals surface area contributed by atoms with Gasteiger partial charge in [-0.15, -0.1) is 0 Å². The number of pyridine rings is 1. The Morgan fingerprint density at radius 3 is 2.57 bits per heavy atom. The van der Waals surface area contributed by atoms with Crippen molar-refractivity contribution >= 4 is 17.4 Å². The zero-order valence-electron chi connectivity index (χ0n) is 15.9. The van der Waals surface area contributed by atoms with E-state index in [1.165, 1.54) is 40.4 Å². The first-order chi connectivity index (χ1) is 13.4. The van der Waals surface area contributed by atoms with E-state index in [1.54, 1.807) is 18.2 Å². The summed E-state index contributed by atoms with van der Waals surface area (Å²) in [4.78, 5) is 32.0. The van der Waals surface area contributed by atoms with Crippen molar-refractivity contribution < 1.29 is 24.0 Å². The molecule has 1 aliphatic rings. The fourth-order valence-electron chi connectivity index (χ4n) is 3.40. The molecule has 28 heavy (non-hydrogen) atoms. The highest BCUT2D eigenvalue weighted by atomic mass is 19.1. The van der Waals surface area contributed by atoms with Gasteiger partial charge in [0.05, 0.1) is 32.3 Å². The van der Waals surface area contributed by atoms with Crippen LogP contribution in [0.5, 0.6) is 0 Å². The molecule has 2 N–H and O–H groups in total. The summed E-state index contributed by atoms with van der Waals surface area (Å²) in [6.45, 7) is 1.15. The number of ketones is 1. The Hall–Kier alpha value is -3.06. The van der Waals surface area contributed by atoms with Crippen molar-refractivity contribution in [2.45, 2.75) is 12.5 Å². The Balaban J connectivity index is 2.08. The van der Waals surface area contributed by atoms with E-state index in [1.807, 2.05) is 14.1 Å². The molecule has 3 rings (SSSR count). The van der Waals surface area contributed by atoms with Crippen molar-refractivity contribution in [3.63, 3.8) is 0 Å². The smallest absolute Gasteiger partial charge is 0.295 e. The molecule has 2 aromatic rings. The summed E-state index contributed by atoms with van der Waals surface area (Å²) in [6, 6.07) is 8.06. The number of nitrogens with zero attached hydrogens (tertiary/aromatic N) is 2. The lowest BCUT2D eigenvalue weighted by Crippen LogP contribution is -3.05. The fourth-order valence-corrected chi connectivity index (χ4v) is 3.40. The van der Waals surface area contributed by atoms with Crippen LogP contribution in [0, 0.1) is 5.82 Å². The van der Waals surface area contributed by atoms with Crippen molar-refractivity contribution in [2.75, 3.05) is 27.2 Å². The average Bonchev–Trinajstić information content (AvgIpc) is 2.93. The van der Waals surface area contributed by atoms with E-state index in [0.29, 0.717) is 24.1 Å². The molecule has 1 aromatic heterocycles. The van der Waals surface area contributed by atoms with Gasteiger partial charge in [0.25, 0.3) is 11.7 Å². The zero-order valence-corrected chi connectivity index (χ0v) is 15.9. The highest BCUT2D eigenvalue weighted by Crippen LogP contribution is 2.39. The number of hydrogen-bond donors (Lipinski definition) is 2. The molecular formula is C21H23FN3O3+. The summed E-state index contributed by atoms with van der Waals surface area (Å²) in [5, 5.41) is 10.8. The van der Waals surface area contributed by atoms with E-state index in [0.717, 1.165) is 6.54 Å². The number of aliphatic hydroxyl groups is 1. The molecule has 1 aromatic carbocycles. The van der Waals surface area contributed by atoms with Crippen LogP contribution in [0.25, 0.3) is 5.76 Å². The maximum atomic E-state index is 13.9. The van der Waals surface area contributed by atoms with E-state index in [9.17, 15) is 19.1 Å². The van der Waals surface area contributed by atoms with Crippen molar-refractivity contribution in [1.29, 1.82) is 0 Å². The van der Waals surface area contributed by atoms with Gasteiger partial charge >= 0.3 is 0 Å². The van der Waals surface area contributed by atoms with Crippen molar-refractivity contribution in [1.82, 2.24) is 9.88 Å². The lowest BCUT2D eigenvalue weighted by molar-refractivity contribution is -0.858. The number of hydrogen-bond acceptors (Lipinski definition) is 4. The van der Waals surface area contributed by atoms with E-state index >= 15 is 0 Å². The molecular weight excluding hydrogens is 361 g/mol. The zero-order chi connectivity index (χ0) is 20.3. The number of quaternary nitrogens is 1. The highest BCUT2D eigenvalue weighted by molar-refractivity contribution is 6.46. The molecule has 146 valence electrons. The molecule has 0 spiro atoms. The van der Waals surface area contributed by atoms with E-state index in [4.69, 9.17) is 0 Å². The first-order valence-corrected chi connectivity index (χ1v) is 9.13. The Morgan fingerprint density at radius 2 is 1.93 bits per heavy atom. The summed E-state index contributed by atoms with van der Waals surface area (Å²) < 4.78 is 13.9. The van der Waals surface area contributed by atoms with Gasteiger partial charge in [0.2, 0.25) is 0 Å². The second kappa shape index (κ2) is 8.31. The second-order valence-electron chi connectivity index (χ2n) is 7.09. The van der Waals surface area contributed by atoms with Gasteiger partial charge in [0.15, 0.2) is 0 Å². The lowest BCUT2D eigenvalue weighted by Gasteiger charge is -2.25. The van der Waals surface area contributed by atoms with E-state index < -0.39 is 23.5 Å². The molecule has 6 nitrogen and oxygen atoms in total. The van der Waals surface area contributed by atoms with Crippen LogP contribution in [0.2, 0.25) is 0 Å². The van der Waals surface area contributed by atoms with Crippen LogP contribution in [0.15, 0.2) is 54.4 Å². The van der Waals surface area contributed by atoms with Crippen molar-refractivity contribution in [2.24, 2.45) is 0 Å². The summed E-state index contributed by atoms with van der Waals surface area (Å²) in [6.07, 6.45) is 3.65. The second-order valence-corrected chi connectivity index (χ2v) is 7.09. The maximum absolute atomic E-state index is 13.9. The average molecular weight is 384 g/mol. The Bertz CT molecular complexity index is 912. The number of carbonyl (C=O) groups excluding carboxylic acids is 2. The maximum Gasteiger partial charge on any atom is 0.295 e. The van der Waals surface area contributed by atoms with Gasteiger partial charge in [-0.1, -0.05) is 12.1 Å². The molecule has 0 bridgehead atoms. The molecule has 0 radical (unpaired) electrons. The first-order valence-electron chi connectivity index (χ1n) is 9.13. The number of aliphatic hydroxyl groups excluding tert-OH is 1. The molecule has 0 unspecified atom stereocenters. The molecule has 0 aliphatic carbocycles. The number of amides is 1. The summed E-state index contributed by atoms with van der Waals surface area (Å²) in [5.74, 6) is -2.19. The molecule has 1 aliphatic heterocycles. The van der Waals surface area contributed by atoms with Crippen LogP contribution >= 0.6 is 0 Å². The van der Waals surface area contributed by atoms with Gasteiger partial charge in [-0.25, -0.2) is 4.39 Å². The molecule has 7 heteroatoms. The first kappa shape index (κ1) is 19.7. The van der Waals surface area contributed by atoms with Crippen LogP contribution in [0.3, 0.4) is 0 Å². The standard InChI is InChI=1S/C21H22FN3O3/c1-24(2)11-4-12-25-18(15-5-3-6-16(22)13-15)17(20(27)21(25)28)19(26)14-7-9-23-10-8-14/h3,5-10,13,18,26H,4,11-12H2,1-2H3/p+1/t18-/m1/s1. The van der Waals surface area contributed by atoms with Gasteiger partial charge in [0.1, 0.15) is 11.6 Å². The minimum Gasteiger partial charge on any atom is -0.507 e. The van der Waals surface area contributed by atoms with Gasteiger partial charge < -0.3 is 14.9 Å². The quantitative estimate of drug-likeness (QED) is 0.446. The van der Waals surface area contributed by atoms with Crippen molar-refractivity contribution in [3.05, 3.63) is 71.3 Å². The highest BCUT2D eigenvalue weighted by Gasteiger charge is 2.45. The van der Waals surface area contributed by atoms with Gasteiger partial charge in [-0.05, 0) is 29.8 Å². The molecule has 1 amide bonds. The number of rotatable bonds is 6. The Labute approximate surface area is 162 Å². The largest absolute Gasteiger partial charge is 0.507 e. The monoisotopic (exact) mass is 384 g/mol. The summed E-state index contributed by atoms with van der Waals surface area (Å²) in [7, 11) is 4.00. The summed E-state index contributed by atoms with van der Waals surface area (Å²) >= 11 is 0. The van der Waals surface area contributed by atoms with Crippen LogP contribution in [-0.4, -0.2) is 53.9 Å². The fraction of sp³-hybridized carbons (Fsp3) is 0.286. The topological polar surface area (TPSA) is 74.9 Å². The Kier molecular flexibility index (Phi) is 5.84. The van der Waals surface area contributed by atoms with Crippen LogP contribution in [-0.2, 0) is 9.59 Å². The van der Waals surface area contributed by atoms with Crippen molar-refractivity contribution in [3.8, 4) is 0 Å². The minimum absolute atomic E-state index is 0.0287. The van der Waals surface area contributed by atoms with E-state index in [-0.39, 0.29) is 11.3 Å². The number of aromatic nitrogens is 1. The summed E-state index contributed by atoms with van der Waals surface area (Å²) in [5.41, 5.74) is 0.804. The number of Topliss-reactive ketones (excluding diaryl/α,β-unsaturated/α-hetero) is 1. The molecule has 1 fully saturated rings. The number of likely N-dealkylation sites (tertiary alicyclic amines) is 1. The third-order valence-electron chi connectivity index (χ3n) is 4.73. The molecule has 1 saturated heterocycles. The lowest BCUT2D eigenvalue weighted by atomic mass is 9.95. The Morgan fingerprint density at radius 1 is 1.21 bits per heavy atom. The van der Waals surface area contributed by atoms with Gasteiger partial charge in [0, 0.05) is 30.9 Å². The third kappa shape index (κ3) is 3.94. The number of benzene rings is 1. The van der Waals surface area contributed by atoms with Gasteiger partial charge in [-0.2, -0.15) is 0 Å². The number of halogens is 1. The predicted molar refractivity (Wildman–Crippen MR) is 102 cm³/mol. The van der Waals surface area contributed by atoms with Crippen LogP contribution < -0.4 is 4.90 Å². The number of carbonyl (C=O) groups is 2. The molecule has 0 saturated carbocycles. The third-order valence-corrected chi connectivity index (χ3v) is 4.73. The SMILES string of the molecule is C[NH+](C)CCCN1C(=O)C(=O)C(=C(O)c2ccncc2)[C@H]1c1cccc(F)c1. The van der Waals surface area contributed by atoms with Gasteiger partial charge in [-0.3, -0.25) is 14.6 Å². The minimum atomic E-state index is -0.832. The predicted octanol–water partition coefficient (Wildman–Crippen LogP) is 1.18. The normalized spacial score (nSPS) is 18.9. The molecule has 2 heterocycles. The van der Waals surface area contributed by atoms with Crippen LogP contribution in [0.1, 0.15) is 23.6 Å². The van der Waals surface area contributed by atoms with Crippen LogP contribution in [0.4, 0.5) is 4.39 Å². The number of nitrogens with one attached hydrogen (secondary N) is 1. The molecule has 1 atom stereocenters.